The third kappa shape index (κ3) is 4.15. The minimum absolute atomic E-state index is 0.211. The molecule has 116 valence electrons. The molecule has 1 saturated heterocycles. The molecule has 0 radical (unpaired) electrons. The van der Waals surface area contributed by atoms with Crippen LogP contribution >= 0.6 is 0 Å². The summed E-state index contributed by atoms with van der Waals surface area (Å²) >= 11 is 0. The van der Waals surface area contributed by atoms with Crippen LogP contribution in [0.5, 0.6) is 0 Å². The van der Waals surface area contributed by atoms with Gasteiger partial charge in [0.15, 0.2) is 0 Å². The van der Waals surface area contributed by atoms with E-state index in [4.69, 9.17) is 0 Å². The van der Waals surface area contributed by atoms with E-state index in [1.165, 1.54) is 25.4 Å². The van der Waals surface area contributed by atoms with Gasteiger partial charge in [0.25, 0.3) is 10.2 Å². The summed E-state index contributed by atoms with van der Waals surface area (Å²) < 4.78 is 36.7. The van der Waals surface area contributed by atoms with Gasteiger partial charge in [0.1, 0.15) is 6.04 Å². The van der Waals surface area contributed by atoms with E-state index in [1.807, 2.05) is 0 Å². The van der Waals surface area contributed by atoms with Crippen LogP contribution in [0.4, 0.5) is 0 Å². The van der Waals surface area contributed by atoms with Gasteiger partial charge in [-0.1, -0.05) is 0 Å². The molecule has 1 heterocycles. The van der Waals surface area contributed by atoms with Crippen molar-refractivity contribution in [3.05, 3.63) is 0 Å². The number of ether oxygens (including phenoxy) is 2. The zero-order valence-electron chi connectivity index (χ0n) is 11.8. The molecule has 1 rings (SSSR count). The zero-order chi connectivity index (χ0) is 15.3. The fourth-order valence-electron chi connectivity index (χ4n) is 2.02. The van der Waals surface area contributed by atoms with Crippen LogP contribution in [0.15, 0.2) is 0 Å². The first-order valence-electron chi connectivity index (χ1n) is 6.25. The smallest absolute Gasteiger partial charge is 0.323 e. The van der Waals surface area contributed by atoms with Gasteiger partial charge in [0.2, 0.25) is 0 Å². The second-order valence-electron chi connectivity index (χ2n) is 4.56. The van der Waals surface area contributed by atoms with Gasteiger partial charge in [-0.25, -0.2) is 0 Å². The maximum Gasteiger partial charge on any atom is 0.323 e. The van der Waals surface area contributed by atoms with E-state index < -0.39 is 22.2 Å². The van der Waals surface area contributed by atoms with Gasteiger partial charge in [-0.15, -0.1) is 0 Å². The van der Waals surface area contributed by atoms with E-state index in [2.05, 4.69) is 14.2 Å². The van der Waals surface area contributed by atoms with Gasteiger partial charge in [-0.2, -0.15) is 17.4 Å². The molecule has 1 N–H and O–H groups in total. The summed E-state index contributed by atoms with van der Waals surface area (Å²) in [5.41, 5.74) is 0. The lowest BCUT2D eigenvalue weighted by Crippen LogP contribution is -2.50. The Balaban J connectivity index is 2.59. The summed E-state index contributed by atoms with van der Waals surface area (Å²) in [5, 5.41) is 0. The first kappa shape index (κ1) is 16.9. The second-order valence-corrected chi connectivity index (χ2v) is 6.27. The Morgan fingerprint density at radius 3 is 2.20 bits per heavy atom. The van der Waals surface area contributed by atoms with E-state index in [9.17, 15) is 18.0 Å². The molecular weight excluding hydrogens is 288 g/mol. The van der Waals surface area contributed by atoms with Crippen molar-refractivity contribution in [2.75, 3.05) is 27.3 Å². The first-order chi connectivity index (χ1) is 9.31. The molecule has 20 heavy (non-hydrogen) atoms. The Morgan fingerprint density at radius 1 is 1.20 bits per heavy atom. The van der Waals surface area contributed by atoms with Crippen LogP contribution in [-0.4, -0.2) is 58.0 Å². The number of methoxy groups -OCH3 is 2. The van der Waals surface area contributed by atoms with Crippen LogP contribution in [-0.2, 0) is 29.3 Å². The number of nitrogens with one attached hydrogen (secondary N) is 1. The highest BCUT2D eigenvalue weighted by atomic mass is 32.2. The molecule has 0 bridgehead atoms. The minimum Gasteiger partial charge on any atom is -0.469 e. The highest BCUT2D eigenvalue weighted by molar-refractivity contribution is 7.87. The van der Waals surface area contributed by atoms with Crippen LogP contribution in [0.25, 0.3) is 0 Å². The van der Waals surface area contributed by atoms with Gasteiger partial charge < -0.3 is 9.47 Å². The SMILES string of the molecule is COC(=O)C1CCN(S(=O)(=O)NC(C)C(=O)OC)CC1. The number of piperidine rings is 1. The van der Waals surface area contributed by atoms with Gasteiger partial charge >= 0.3 is 11.9 Å². The van der Waals surface area contributed by atoms with Crippen molar-refractivity contribution in [2.45, 2.75) is 25.8 Å². The van der Waals surface area contributed by atoms with Crippen LogP contribution < -0.4 is 4.72 Å². The number of carbonyl (C=O) groups excluding carboxylic acids is 2. The van der Waals surface area contributed by atoms with E-state index in [1.54, 1.807) is 0 Å². The van der Waals surface area contributed by atoms with E-state index in [-0.39, 0.29) is 25.0 Å². The highest BCUT2D eigenvalue weighted by Gasteiger charge is 2.33. The van der Waals surface area contributed by atoms with Crippen molar-refractivity contribution in [1.82, 2.24) is 9.03 Å². The van der Waals surface area contributed by atoms with Crippen molar-refractivity contribution in [3.8, 4) is 0 Å². The number of rotatable bonds is 5. The average molecular weight is 308 g/mol. The Bertz CT molecular complexity index is 456. The molecule has 1 aliphatic heterocycles. The summed E-state index contributed by atoms with van der Waals surface area (Å²) in [6.07, 6.45) is 0.806. The molecule has 0 spiro atoms. The van der Waals surface area contributed by atoms with Crippen LogP contribution in [0, 0.1) is 5.92 Å². The van der Waals surface area contributed by atoms with Gasteiger partial charge in [-0.05, 0) is 19.8 Å². The first-order valence-corrected chi connectivity index (χ1v) is 7.69. The fraction of sp³-hybridized carbons (Fsp3) is 0.818. The summed E-state index contributed by atoms with van der Waals surface area (Å²) in [5.74, 6) is -1.25. The quantitative estimate of drug-likeness (QED) is 0.672. The zero-order valence-corrected chi connectivity index (χ0v) is 12.6. The number of nitrogens with zero attached hydrogens (tertiary/aromatic N) is 1. The predicted octanol–water partition coefficient (Wildman–Crippen LogP) is -0.733. The van der Waals surface area contributed by atoms with Crippen molar-refractivity contribution in [1.29, 1.82) is 0 Å². The number of carbonyl (C=O) groups is 2. The lowest BCUT2D eigenvalue weighted by molar-refractivity contribution is -0.146. The Hall–Kier alpha value is -1.19. The molecular formula is C11H20N2O6S. The molecule has 1 atom stereocenters. The second kappa shape index (κ2) is 7.00. The van der Waals surface area contributed by atoms with Gasteiger partial charge in [-0.3, -0.25) is 9.59 Å². The highest BCUT2D eigenvalue weighted by Crippen LogP contribution is 2.20. The normalized spacial score (nSPS) is 19.4. The van der Waals surface area contributed by atoms with Crippen molar-refractivity contribution in [3.63, 3.8) is 0 Å². The van der Waals surface area contributed by atoms with Crippen molar-refractivity contribution >= 4 is 22.1 Å². The maximum atomic E-state index is 12.1. The molecule has 0 amide bonds. The standard InChI is InChI=1S/C11H20N2O6S/c1-8(10(14)18-2)12-20(16,17)13-6-4-9(5-7-13)11(15)19-3/h8-9,12H,4-7H2,1-3H3. The van der Waals surface area contributed by atoms with E-state index in [0.717, 1.165) is 0 Å². The summed E-state index contributed by atoms with van der Waals surface area (Å²) in [6, 6.07) is -0.955. The maximum absolute atomic E-state index is 12.1. The topological polar surface area (TPSA) is 102 Å². The molecule has 8 nitrogen and oxygen atoms in total. The monoisotopic (exact) mass is 308 g/mol. The molecule has 9 heteroatoms. The largest absolute Gasteiger partial charge is 0.469 e. The lowest BCUT2D eigenvalue weighted by Gasteiger charge is -2.30. The molecule has 1 fully saturated rings. The van der Waals surface area contributed by atoms with E-state index in [0.29, 0.717) is 12.8 Å². The summed E-state index contributed by atoms with van der Waals surface area (Å²) in [7, 11) is -1.26. The summed E-state index contributed by atoms with van der Waals surface area (Å²) in [6.45, 7) is 1.83. The molecule has 0 saturated carbocycles. The van der Waals surface area contributed by atoms with E-state index >= 15 is 0 Å². The van der Waals surface area contributed by atoms with Crippen LogP contribution in [0.2, 0.25) is 0 Å². The lowest BCUT2D eigenvalue weighted by atomic mass is 9.99. The van der Waals surface area contributed by atoms with Gasteiger partial charge in [0, 0.05) is 13.1 Å². The number of hydrogen-bond acceptors (Lipinski definition) is 6. The van der Waals surface area contributed by atoms with Crippen molar-refractivity contribution < 1.29 is 27.5 Å². The molecule has 1 unspecified atom stereocenters. The Kier molecular flexibility index (Phi) is 5.90. The number of hydrogen-bond donors (Lipinski definition) is 1. The average Bonchev–Trinajstić information content (AvgIpc) is 2.45. The number of esters is 2. The predicted molar refractivity (Wildman–Crippen MR) is 69.8 cm³/mol. The third-order valence-electron chi connectivity index (χ3n) is 3.21. The molecule has 1 aliphatic rings. The molecule has 0 aromatic carbocycles. The Labute approximate surface area is 118 Å². The van der Waals surface area contributed by atoms with Crippen LogP contribution in [0.3, 0.4) is 0 Å². The van der Waals surface area contributed by atoms with Crippen LogP contribution in [0.1, 0.15) is 19.8 Å². The third-order valence-corrected chi connectivity index (χ3v) is 4.91. The van der Waals surface area contributed by atoms with Gasteiger partial charge in [0.05, 0.1) is 20.1 Å². The molecule has 0 aliphatic carbocycles. The minimum atomic E-state index is -3.76. The Morgan fingerprint density at radius 2 is 1.75 bits per heavy atom. The molecule has 0 aromatic rings. The molecule has 0 aromatic heterocycles. The van der Waals surface area contributed by atoms with Crippen molar-refractivity contribution in [2.24, 2.45) is 5.92 Å². The summed E-state index contributed by atoms with van der Waals surface area (Å²) in [4.78, 5) is 22.6. The fourth-order valence-corrected chi connectivity index (χ4v) is 3.40.